The SMILES string of the molecule is CC(C)(C)[Si](Oc1ccc(Cl)cc1-c1ccnc2c(I)c[nH]c12)(c1ccccc1)c1ccccc1. The monoisotopic (exact) mass is 608 g/mol. The summed E-state index contributed by atoms with van der Waals surface area (Å²) in [4.78, 5) is 7.98. The maximum Gasteiger partial charge on any atom is 0.319 e. The number of hydrogen-bond acceptors (Lipinski definition) is 2. The van der Waals surface area contributed by atoms with Crippen molar-refractivity contribution in [2.45, 2.75) is 25.8 Å². The van der Waals surface area contributed by atoms with Gasteiger partial charge in [-0.3, -0.25) is 4.98 Å². The van der Waals surface area contributed by atoms with Crippen LogP contribution in [0.5, 0.6) is 5.75 Å². The summed E-state index contributed by atoms with van der Waals surface area (Å²) in [7, 11) is -2.80. The van der Waals surface area contributed by atoms with E-state index in [1.54, 1.807) is 0 Å². The van der Waals surface area contributed by atoms with Crippen LogP contribution in [-0.2, 0) is 0 Å². The largest absolute Gasteiger partial charge is 0.534 e. The Balaban J connectivity index is 1.78. The number of fused-ring (bicyclic) bond motifs is 1. The van der Waals surface area contributed by atoms with E-state index in [-0.39, 0.29) is 5.04 Å². The summed E-state index contributed by atoms with van der Waals surface area (Å²) >= 11 is 8.86. The first-order valence-electron chi connectivity index (χ1n) is 11.5. The highest BCUT2D eigenvalue weighted by atomic mass is 127. The molecule has 3 nitrogen and oxygen atoms in total. The van der Waals surface area contributed by atoms with Gasteiger partial charge in [-0.1, -0.05) is 93.0 Å². The van der Waals surface area contributed by atoms with E-state index in [0.717, 1.165) is 31.5 Å². The van der Waals surface area contributed by atoms with E-state index in [2.05, 4.69) is 114 Å². The molecular formula is C29H26ClIN2OSi. The molecule has 0 fully saturated rings. The zero-order chi connectivity index (χ0) is 24.6. The van der Waals surface area contributed by atoms with Crippen LogP contribution < -0.4 is 14.8 Å². The minimum atomic E-state index is -2.80. The van der Waals surface area contributed by atoms with Crippen molar-refractivity contribution in [3.8, 4) is 16.9 Å². The molecule has 2 heterocycles. The molecule has 0 bridgehead atoms. The molecule has 0 aliphatic carbocycles. The molecule has 176 valence electrons. The van der Waals surface area contributed by atoms with Crippen LogP contribution in [0, 0.1) is 3.57 Å². The van der Waals surface area contributed by atoms with Crippen molar-refractivity contribution >= 4 is 63.9 Å². The third-order valence-corrected chi connectivity index (χ3v) is 12.4. The molecule has 2 aromatic heterocycles. The van der Waals surface area contributed by atoms with Crippen LogP contribution in [0.2, 0.25) is 10.1 Å². The molecular weight excluding hydrogens is 583 g/mol. The Morgan fingerprint density at radius 3 is 2.09 bits per heavy atom. The summed E-state index contributed by atoms with van der Waals surface area (Å²) in [5.74, 6) is 0.820. The van der Waals surface area contributed by atoms with Gasteiger partial charge in [-0.05, 0) is 62.3 Å². The smallest absolute Gasteiger partial charge is 0.319 e. The Morgan fingerprint density at radius 2 is 1.49 bits per heavy atom. The summed E-state index contributed by atoms with van der Waals surface area (Å²) in [5, 5.41) is 2.98. The number of benzene rings is 3. The minimum Gasteiger partial charge on any atom is -0.534 e. The lowest BCUT2D eigenvalue weighted by atomic mass is 10.0. The number of pyridine rings is 1. The number of nitrogens with zero attached hydrogens (tertiary/aromatic N) is 1. The highest BCUT2D eigenvalue weighted by molar-refractivity contribution is 14.1. The number of aromatic amines is 1. The number of hydrogen-bond donors (Lipinski definition) is 1. The van der Waals surface area contributed by atoms with E-state index in [9.17, 15) is 0 Å². The summed E-state index contributed by atoms with van der Waals surface area (Å²) in [6.07, 6.45) is 3.83. The summed E-state index contributed by atoms with van der Waals surface area (Å²) < 4.78 is 8.46. The number of H-pyrrole nitrogens is 1. The van der Waals surface area contributed by atoms with E-state index in [4.69, 9.17) is 16.0 Å². The van der Waals surface area contributed by atoms with Gasteiger partial charge in [0, 0.05) is 28.5 Å². The lowest BCUT2D eigenvalue weighted by Crippen LogP contribution is -2.68. The molecule has 0 atom stereocenters. The topological polar surface area (TPSA) is 37.9 Å². The molecule has 5 rings (SSSR count). The number of rotatable bonds is 5. The lowest BCUT2D eigenvalue weighted by molar-refractivity contribution is 0.509. The Bertz CT molecular complexity index is 1440. The predicted molar refractivity (Wildman–Crippen MR) is 158 cm³/mol. The van der Waals surface area contributed by atoms with Gasteiger partial charge >= 0.3 is 8.32 Å². The summed E-state index contributed by atoms with van der Waals surface area (Å²) in [6.45, 7) is 6.85. The molecule has 0 radical (unpaired) electrons. The maximum absolute atomic E-state index is 7.38. The normalized spacial score (nSPS) is 12.1. The van der Waals surface area contributed by atoms with Crippen molar-refractivity contribution in [1.82, 2.24) is 9.97 Å². The molecule has 0 amide bonds. The molecule has 1 N–H and O–H groups in total. The zero-order valence-electron chi connectivity index (χ0n) is 19.8. The quantitative estimate of drug-likeness (QED) is 0.167. The predicted octanol–water partition coefficient (Wildman–Crippen LogP) is 7.43. The van der Waals surface area contributed by atoms with Crippen LogP contribution in [0.1, 0.15) is 20.8 Å². The fourth-order valence-corrected chi connectivity index (χ4v) is 10.0. The van der Waals surface area contributed by atoms with Gasteiger partial charge in [-0.15, -0.1) is 0 Å². The third-order valence-electron chi connectivity index (χ3n) is 6.43. The van der Waals surface area contributed by atoms with E-state index in [1.807, 2.05) is 36.7 Å². The Labute approximate surface area is 225 Å². The van der Waals surface area contributed by atoms with E-state index in [1.165, 1.54) is 10.4 Å². The molecule has 6 heteroatoms. The average molecular weight is 609 g/mol. The van der Waals surface area contributed by atoms with Gasteiger partial charge in [0.2, 0.25) is 0 Å². The van der Waals surface area contributed by atoms with Crippen LogP contribution in [0.4, 0.5) is 0 Å². The van der Waals surface area contributed by atoms with E-state index >= 15 is 0 Å². The standard InChI is InChI=1S/C29H26ClIN2OSi/c1-29(2,3)35(21-10-6-4-7-11-21,22-12-8-5-9-13-22)34-26-15-14-20(30)18-24(26)23-16-17-32-28-25(31)19-33-27(23)28/h4-19,33H,1-3H3. The van der Waals surface area contributed by atoms with Crippen LogP contribution in [-0.4, -0.2) is 18.3 Å². The highest BCUT2D eigenvalue weighted by Gasteiger charge is 2.52. The second kappa shape index (κ2) is 9.45. The van der Waals surface area contributed by atoms with E-state index in [0.29, 0.717) is 5.02 Å². The van der Waals surface area contributed by atoms with Crippen molar-refractivity contribution in [1.29, 1.82) is 0 Å². The van der Waals surface area contributed by atoms with Gasteiger partial charge < -0.3 is 9.41 Å². The Kier molecular flexibility index (Phi) is 6.50. The van der Waals surface area contributed by atoms with Crippen molar-refractivity contribution in [3.05, 3.63) is 106 Å². The van der Waals surface area contributed by atoms with Crippen molar-refractivity contribution in [2.24, 2.45) is 0 Å². The van der Waals surface area contributed by atoms with Gasteiger partial charge in [-0.25, -0.2) is 0 Å². The number of aromatic nitrogens is 2. The zero-order valence-corrected chi connectivity index (χ0v) is 23.8. The summed E-state index contributed by atoms with van der Waals surface area (Å²) in [5.41, 5.74) is 3.90. The maximum atomic E-state index is 7.38. The first-order chi connectivity index (χ1) is 16.8. The minimum absolute atomic E-state index is 0.151. The van der Waals surface area contributed by atoms with Gasteiger partial charge in [0.25, 0.3) is 0 Å². The van der Waals surface area contributed by atoms with Crippen molar-refractivity contribution in [2.75, 3.05) is 0 Å². The van der Waals surface area contributed by atoms with Crippen LogP contribution in [0.15, 0.2) is 97.3 Å². The average Bonchev–Trinajstić information content (AvgIpc) is 3.24. The van der Waals surface area contributed by atoms with Gasteiger partial charge in [0.15, 0.2) is 0 Å². The Hall–Kier alpha value is -2.61. The Morgan fingerprint density at radius 1 is 0.857 bits per heavy atom. The van der Waals surface area contributed by atoms with Crippen molar-refractivity contribution < 1.29 is 4.43 Å². The third kappa shape index (κ3) is 4.30. The second-order valence-corrected chi connectivity index (χ2v) is 15.4. The molecule has 0 aliphatic heterocycles. The first kappa shape index (κ1) is 24.1. The van der Waals surface area contributed by atoms with Crippen LogP contribution >= 0.6 is 34.2 Å². The summed E-state index contributed by atoms with van der Waals surface area (Å²) in [6, 6.07) is 29.3. The van der Waals surface area contributed by atoms with Crippen molar-refractivity contribution in [3.63, 3.8) is 0 Å². The fourth-order valence-electron chi connectivity index (χ4n) is 4.83. The molecule has 35 heavy (non-hydrogen) atoms. The van der Waals surface area contributed by atoms with Crippen LogP contribution in [0.25, 0.3) is 22.2 Å². The fraction of sp³-hybridized carbons (Fsp3) is 0.138. The molecule has 0 spiro atoms. The van der Waals surface area contributed by atoms with E-state index < -0.39 is 8.32 Å². The first-order valence-corrected chi connectivity index (χ1v) is 14.9. The van der Waals surface area contributed by atoms with Gasteiger partial charge in [0.1, 0.15) is 11.3 Å². The molecule has 0 unspecified atom stereocenters. The molecule has 5 aromatic rings. The van der Waals surface area contributed by atoms with Gasteiger partial charge in [0.05, 0.1) is 9.09 Å². The van der Waals surface area contributed by atoms with Crippen LogP contribution in [0.3, 0.4) is 0 Å². The lowest BCUT2D eigenvalue weighted by Gasteiger charge is -2.43. The molecule has 0 aliphatic rings. The highest BCUT2D eigenvalue weighted by Crippen LogP contribution is 2.42. The number of nitrogens with one attached hydrogen (secondary N) is 1. The molecule has 0 saturated carbocycles. The second-order valence-electron chi connectivity index (χ2n) is 9.62. The number of halogens is 2. The van der Waals surface area contributed by atoms with Gasteiger partial charge in [-0.2, -0.15) is 0 Å². The molecule has 0 saturated heterocycles. The molecule has 3 aromatic carbocycles.